The zero-order chi connectivity index (χ0) is 23.4. The predicted octanol–water partition coefficient (Wildman–Crippen LogP) is 9.31. The molecular formula is C26H58ClNO3Si. The van der Waals surface area contributed by atoms with Crippen LogP contribution in [-0.2, 0) is 13.3 Å². The number of rotatable bonds is 23. The zero-order valence-corrected chi connectivity index (χ0v) is 24.4. The Bertz CT molecular complexity index is 387. The van der Waals surface area contributed by atoms with Gasteiger partial charge in [-0.3, -0.25) is 0 Å². The minimum absolute atomic E-state index is 0. The van der Waals surface area contributed by atoms with Gasteiger partial charge in [-0.1, -0.05) is 104 Å². The van der Waals surface area contributed by atoms with Gasteiger partial charge < -0.3 is 19.4 Å². The summed E-state index contributed by atoms with van der Waals surface area (Å²) in [5.41, 5.74) is 0. The third-order valence-corrected chi connectivity index (χ3v) is 10.5. The van der Waals surface area contributed by atoms with Crippen molar-refractivity contribution in [3.8, 4) is 0 Å². The standard InChI is InChI=1S/C26H55ClO3Si.H3N/c1-7-8-9-10-11-12-13-14-15-16-17-18-19-20-22-25(2)26(3,27)23-21-24-31(28-4,29-5)30-6;/h25H,7-24H2,1-6H3;1H3. The molecule has 0 bridgehead atoms. The van der Waals surface area contributed by atoms with Crippen molar-refractivity contribution < 1.29 is 13.3 Å². The SMILES string of the molecule is CCCCCCCCCCCCCCCCC(C)C(C)(Cl)CCC[Si](OC)(OC)OC.N. The molecule has 6 heteroatoms. The van der Waals surface area contributed by atoms with Gasteiger partial charge in [0.15, 0.2) is 0 Å². The second kappa shape index (κ2) is 21.9. The van der Waals surface area contributed by atoms with E-state index in [2.05, 4.69) is 20.8 Å². The summed E-state index contributed by atoms with van der Waals surface area (Å²) in [6, 6.07) is 0.824. The molecule has 0 aliphatic rings. The highest BCUT2D eigenvalue weighted by Gasteiger charge is 2.38. The first-order valence-corrected chi connectivity index (χ1v) is 15.5. The number of halogens is 1. The summed E-state index contributed by atoms with van der Waals surface area (Å²) in [4.78, 5) is -0.161. The van der Waals surface area contributed by atoms with Crippen molar-refractivity contribution in [2.75, 3.05) is 21.3 Å². The minimum Gasteiger partial charge on any atom is -0.377 e. The van der Waals surface area contributed by atoms with Crippen LogP contribution < -0.4 is 6.15 Å². The smallest absolute Gasteiger partial charge is 0.377 e. The fraction of sp³-hybridized carbons (Fsp3) is 1.00. The molecule has 0 spiro atoms. The minimum atomic E-state index is -2.47. The van der Waals surface area contributed by atoms with Gasteiger partial charge >= 0.3 is 8.80 Å². The van der Waals surface area contributed by atoms with Crippen LogP contribution in [0.4, 0.5) is 0 Å². The molecule has 0 aliphatic heterocycles. The first-order valence-electron chi connectivity index (χ1n) is 13.2. The average Bonchev–Trinajstić information content (AvgIpc) is 2.77. The van der Waals surface area contributed by atoms with Gasteiger partial charge in [0.1, 0.15) is 0 Å². The van der Waals surface area contributed by atoms with E-state index in [9.17, 15) is 0 Å². The molecule has 0 saturated carbocycles. The Morgan fingerprint density at radius 3 is 1.44 bits per heavy atom. The Kier molecular flexibility index (Phi) is 23.6. The summed E-state index contributed by atoms with van der Waals surface area (Å²) in [7, 11) is 2.56. The maximum Gasteiger partial charge on any atom is 0.500 e. The normalized spacial score (nSPS) is 14.7. The maximum atomic E-state index is 6.90. The van der Waals surface area contributed by atoms with Crippen LogP contribution in [-0.4, -0.2) is 35.0 Å². The molecule has 0 aromatic heterocycles. The summed E-state index contributed by atoms with van der Waals surface area (Å²) in [5.74, 6) is 0.523. The molecule has 0 rings (SSSR count). The molecule has 0 saturated heterocycles. The first-order chi connectivity index (χ1) is 14.9. The van der Waals surface area contributed by atoms with Gasteiger partial charge in [-0.15, -0.1) is 11.6 Å². The molecule has 0 aliphatic carbocycles. The highest BCUT2D eigenvalue weighted by atomic mass is 35.5. The van der Waals surface area contributed by atoms with E-state index in [1.54, 1.807) is 21.3 Å². The van der Waals surface area contributed by atoms with E-state index in [1.807, 2.05) is 0 Å². The lowest BCUT2D eigenvalue weighted by Gasteiger charge is -2.31. The fourth-order valence-electron chi connectivity index (χ4n) is 4.40. The second-order valence-electron chi connectivity index (χ2n) is 9.71. The lowest BCUT2D eigenvalue weighted by atomic mass is 9.86. The zero-order valence-electron chi connectivity index (χ0n) is 22.6. The number of hydrogen-bond donors (Lipinski definition) is 1. The van der Waals surface area contributed by atoms with Crippen LogP contribution in [0.25, 0.3) is 0 Å². The Labute approximate surface area is 207 Å². The summed E-state index contributed by atoms with van der Waals surface area (Å²) < 4.78 is 16.6. The monoisotopic (exact) mass is 495 g/mol. The van der Waals surface area contributed by atoms with Crippen LogP contribution in [0, 0.1) is 5.92 Å². The average molecular weight is 496 g/mol. The number of hydrogen-bond acceptors (Lipinski definition) is 4. The van der Waals surface area contributed by atoms with Gasteiger partial charge in [0.25, 0.3) is 0 Å². The molecule has 0 amide bonds. The highest BCUT2D eigenvalue weighted by molar-refractivity contribution is 6.60. The molecule has 0 aromatic rings. The molecule has 2 atom stereocenters. The molecule has 0 heterocycles. The quantitative estimate of drug-likeness (QED) is 0.0870. The van der Waals surface area contributed by atoms with E-state index in [-0.39, 0.29) is 11.0 Å². The Morgan fingerprint density at radius 2 is 1.06 bits per heavy atom. The van der Waals surface area contributed by atoms with Gasteiger partial charge in [0.2, 0.25) is 0 Å². The van der Waals surface area contributed by atoms with Crippen LogP contribution in [0.15, 0.2) is 0 Å². The van der Waals surface area contributed by atoms with Gasteiger partial charge in [0, 0.05) is 32.2 Å². The summed E-state index contributed by atoms with van der Waals surface area (Å²) >= 11 is 6.90. The molecule has 2 unspecified atom stereocenters. The van der Waals surface area contributed by atoms with Crippen molar-refractivity contribution in [1.29, 1.82) is 0 Å². The Balaban J connectivity index is 0. The van der Waals surface area contributed by atoms with Crippen molar-refractivity contribution in [2.45, 2.75) is 141 Å². The van der Waals surface area contributed by atoms with E-state index in [0.717, 1.165) is 18.9 Å². The lowest BCUT2D eigenvalue weighted by molar-refractivity contribution is 0.122. The number of unbranched alkanes of at least 4 members (excludes halogenated alkanes) is 13. The Morgan fingerprint density at radius 1 is 0.688 bits per heavy atom. The lowest BCUT2D eigenvalue weighted by Crippen LogP contribution is -2.43. The highest BCUT2D eigenvalue weighted by Crippen LogP contribution is 2.35. The van der Waals surface area contributed by atoms with Crippen LogP contribution in [0.1, 0.15) is 130 Å². The molecule has 0 fully saturated rings. The first kappa shape index (κ1) is 34.5. The fourth-order valence-corrected chi connectivity index (χ4v) is 6.36. The molecule has 4 nitrogen and oxygen atoms in total. The van der Waals surface area contributed by atoms with Gasteiger partial charge in [-0.2, -0.15) is 0 Å². The predicted molar refractivity (Wildman–Crippen MR) is 144 cm³/mol. The molecule has 196 valence electrons. The van der Waals surface area contributed by atoms with Crippen molar-refractivity contribution in [3.05, 3.63) is 0 Å². The van der Waals surface area contributed by atoms with E-state index >= 15 is 0 Å². The molecule has 0 radical (unpaired) electrons. The van der Waals surface area contributed by atoms with Crippen molar-refractivity contribution >= 4 is 20.4 Å². The third kappa shape index (κ3) is 16.9. The topological polar surface area (TPSA) is 62.7 Å². The molecule has 32 heavy (non-hydrogen) atoms. The molecular weight excluding hydrogens is 438 g/mol. The van der Waals surface area contributed by atoms with E-state index < -0.39 is 8.80 Å². The van der Waals surface area contributed by atoms with Gasteiger partial charge in [-0.05, 0) is 32.1 Å². The van der Waals surface area contributed by atoms with E-state index in [1.165, 1.54) is 96.3 Å². The second-order valence-corrected chi connectivity index (χ2v) is 13.7. The third-order valence-electron chi connectivity index (χ3n) is 7.10. The van der Waals surface area contributed by atoms with Crippen LogP contribution in [0.5, 0.6) is 0 Å². The Hall–Kier alpha value is 0.347. The maximum absolute atomic E-state index is 6.90. The summed E-state index contributed by atoms with van der Waals surface area (Å²) in [6.07, 6.45) is 22.9. The summed E-state index contributed by atoms with van der Waals surface area (Å²) in [6.45, 7) is 6.79. The van der Waals surface area contributed by atoms with Crippen molar-refractivity contribution in [1.82, 2.24) is 6.15 Å². The molecule has 3 N–H and O–H groups in total. The van der Waals surface area contributed by atoms with Crippen LogP contribution >= 0.6 is 11.6 Å². The summed E-state index contributed by atoms with van der Waals surface area (Å²) in [5, 5.41) is 0. The van der Waals surface area contributed by atoms with Crippen LogP contribution in [0.3, 0.4) is 0 Å². The largest absolute Gasteiger partial charge is 0.500 e. The van der Waals surface area contributed by atoms with Gasteiger partial charge in [-0.25, -0.2) is 0 Å². The van der Waals surface area contributed by atoms with Crippen LogP contribution in [0.2, 0.25) is 6.04 Å². The van der Waals surface area contributed by atoms with Crippen molar-refractivity contribution in [2.24, 2.45) is 5.92 Å². The molecule has 0 aromatic carbocycles. The van der Waals surface area contributed by atoms with E-state index in [0.29, 0.717) is 5.92 Å². The number of alkyl halides is 1. The van der Waals surface area contributed by atoms with E-state index in [4.69, 9.17) is 24.9 Å². The van der Waals surface area contributed by atoms with Gasteiger partial charge in [0.05, 0.1) is 0 Å². The van der Waals surface area contributed by atoms with Crippen molar-refractivity contribution in [3.63, 3.8) is 0 Å².